The molecule has 0 amide bonds. The van der Waals surface area contributed by atoms with Gasteiger partial charge in [-0.3, -0.25) is 0 Å². The number of hydrogen-bond acceptors (Lipinski definition) is 3. The highest BCUT2D eigenvalue weighted by molar-refractivity contribution is 6.21. The van der Waals surface area contributed by atoms with Crippen molar-refractivity contribution in [3.8, 4) is 78.7 Å². The summed E-state index contributed by atoms with van der Waals surface area (Å²) in [5.74, 6) is 1.99. The first-order valence-electron chi connectivity index (χ1n) is 24.4. The molecule has 1 heterocycles. The van der Waals surface area contributed by atoms with Crippen LogP contribution in [0.1, 0.15) is 74.9 Å². The van der Waals surface area contributed by atoms with Crippen LogP contribution in [0.25, 0.3) is 111 Å². The van der Waals surface area contributed by atoms with Crippen molar-refractivity contribution < 1.29 is 0 Å². The van der Waals surface area contributed by atoms with Crippen LogP contribution in [0.4, 0.5) is 0 Å². The Morgan fingerprint density at radius 1 is 0.304 bits per heavy atom. The molecular weight excluding hydrogens is 835 g/mol. The number of aromatic nitrogens is 3. The molecule has 11 aromatic rings. The van der Waals surface area contributed by atoms with Gasteiger partial charge < -0.3 is 0 Å². The zero-order valence-corrected chi connectivity index (χ0v) is 39.7. The summed E-state index contributed by atoms with van der Waals surface area (Å²) in [5, 5.41) is 7.07. The number of hydrogen-bond donors (Lipinski definition) is 0. The zero-order valence-electron chi connectivity index (χ0n) is 39.7. The van der Waals surface area contributed by atoms with Gasteiger partial charge in [0.25, 0.3) is 0 Å². The topological polar surface area (TPSA) is 38.7 Å². The van der Waals surface area contributed by atoms with Crippen LogP contribution in [0, 0.1) is 0 Å². The monoisotopic (exact) mass is 883 g/mol. The molecule has 3 aliphatic carbocycles. The van der Waals surface area contributed by atoms with Gasteiger partial charge in [0.2, 0.25) is 0 Å². The Hall–Kier alpha value is -8.01. The lowest BCUT2D eigenvalue weighted by atomic mass is 9.70. The lowest BCUT2D eigenvalue weighted by molar-refractivity contribution is 0.591. The van der Waals surface area contributed by atoms with Crippen molar-refractivity contribution in [2.24, 2.45) is 0 Å². The molecule has 0 aliphatic heterocycles. The summed E-state index contributed by atoms with van der Waals surface area (Å²) in [6.07, 6.45) is 0. The van der Waals surface area contributed by atoms with Crippen LogP contribution in [0.5, 0.6) is 0 Å². The average molecular weight is 884 g/mol. The Kier molecular flexibility index (Phi) is 8.15. The van der Waals surface area contributed by atoms with Gasteiger partial charge in [0.05, 0.1) is 5.41 Å². The molecule has 3 aliphatic rings. The van der Waals surface area contributed by atoms with Gasteiger partial charge in [0.15, 0.2) is 17.5 Å². The maximum Gasteiger partial charge on any atom is 0.165 e. The average Bonchev–Trinajstić information content (AvgIpc) is 3.97. The first kappa shape index (κ1) is 40.1. The summed E-state index contributed by atoms with van der Waals surface area (Å²) in [6, 6.07) is 70.2. The predicted molar refractivity (Wildman–Crippen MR) is 287 cm³/mol. The van der Waals surface area contributed by atoms with Crippen LogP contribution < -0.4 is 0 Å². The third-order valence-corrected chi connectivity index (χ3v) is 15.6. The Balaban J connectivity index is 1.14. The van der Waals surface area contributed by atoms with Crippen molar-refractivity contribution in [1.82, 2.24) is 15.0 Å². The Morgan fingerprint density at radius 2 is 0.739 bits per heavy atom. The standard InChI is InChI=1S/C66H49N3/c1-64(2,3)41-31-33-43-39(35-41)19-15-25-48(43)61-67-62(49-26-16-20-40-36-42(65(4,5)6)32-34-44(40)49)69-63(68-61)60-58-51-27-14-18-38-17-13-24-47(57(38)51)52(58)37-56-59(60)50-23-9-12-30-55(50)66(56)53-28-10-7-21-45(53)46-22-8-11-29-54(46)66/h7-37H,1-6H3. The molecule has 0 atom stereocenters. The van der Waals surface area contributed by atoms with Crippen molar-refractivity contribution in [3.63, 3.8) is 0 Å². The van der Waals surface area contributed by atoms with E-state index in [0.29, 0.717) is 17.5 Å². The van der Waals surface area contributed by atoms with Crippen LogP contribution in [-0.2, 0) is 16.2 Å². The minimum atomic E-state index is -0.564. The molecule has 14 rings (SSSR count). The van der Waals surface area contributed by atoms with Crippen LogP contribution in [0.2, 0.25) is 0 Å². The summed E-state index contributed by atoms with van der Waals surface area (Å²) in [4.78, 5) is 17.1. The molecule has 69 heavy (non-hydrogen) atoms. The molecule has 0 saturated carbocycles. The summed E-state index contributed by atoms with van der Waals surface area (Å²) >= 11 is 0. The molecule has 10 aromatic carbocycles. The quantitative estimate of drug-likeness (QED) is 0.177. The number of benzene rings is 10. The van der Waals surface area contributed by atoms with Gasteiger partial charge in [-0.15, -0.1) is 0 Å². The van der Waals surface area contributed by atoms with Crippen molar-refractivity contribution in [2.45, 2.75) is 57.8 Å². The maximum absolute atomic E-state index is 5.78. The Bertz CT molecular complexity index is 3880. The Morgan fingerprint density at radius 3 is 1.28 bits per heavy atom. The van der Waals surface area contributed by atoms with Gasteiger partial charge in [-0.2, -0.15) is 0 Å². The highest BCUT2D eigenvalue weighted by Crippen LogP contribution is 2.67. The molecule has 0 saturated heterocycles. The first-order chi connectivity index (χ1) is 33.5. The molecule has 1 aromatic heterocycles. The van der Waals surface area contributed by atoms with E-state index in [4.69, 9.17) is 15.0 Å². The smallest absolute Gasteiger partial charge is 0.165 e. The number of fused-ring (bicyclic) bond motifs is 15. The minimum absolute atomic E-state index is 0.00141. The maximum atomic E-state index is 5.78. The van der Waals surface area contributed by atoms with Gasteiger partial charge in [-0.1, -0.05) is 224 Å². The molecular formula is C66H49N3. The molecule has 0 N–H and O–H groups in total. The molecule has 0 bridgehead atoms. The fraction of sp³-hybridized carbons (Fsp3) is 0.136. The summed E-state index contributed by atoms with van der Waals surface area (Å²) in [7, 11) is 0. The van der Waals surface area contributed by atoms with E-state index < -0.39 is 5.41 Å². The molecule has 3 nitrogen and oxygen atoms in total. The molecule has 1 spiro atoms. The first-order valence-corrected chi connectivity index (χ1v) is 24.4. The van der Waals surface area contributed by atoms with E-state index in [-0.39, 0.29) is 10.8 Å². The molecule has 3 heteroatoms. The number of rotatable bonds is 3. The van der Waals surface area contributed by atoms with Crippen LogP contribution in [0.3, 0.4) is 0 Å². The van der Waals surface area contributed by atoms with Crippen molar-refractivity contribution in [3.05, 3.63) is 221 Å². The van der Waals surface area contributed by atoms with Gasteiger partial charge in [-0.25, -0.2) is 15.0 Å². The van der Waals surface area contributed by atoms with Crippen molar-refractivity contribution >= 4 is 32.3 Å². The van der Waals surface area contributed by atoms with Gasteiger partial charge >= 0.3 is 0 Å². The van der Waals surface area contributed by atoms with E-state index >= 15 is 0 Å². The predicted octanol–water partition coefficient (Wildman–Crippen LogP) is 16.9. The summed E-state index contributed by atoms with van der Waals surface area (Å²) in [6.45, 7) is 13.7. The largest absolute Gasteiger partial charge is 0.208 e. The second-order valence-electron chi connectivity index (χ2n) is 21.5. The third-order valence-electron chi connectivity index (χ3n) is 15.6. The number of nitrogens with zero attached hydrogens (tertiary/aromatic N) is 3. The normalized spacial score (nSPS) is 13.8. The highest BCUT2D eigenvalue weighted by Gasteiger charge is 2.53. The van der Waals surface area contributed by atoms with Gasteiger partial charge in [-0.05, 0) is 122 Å². The third kappa shape index (κ3) is 5.53. The second-order valence-corrected chi connectivity index (χ2v) is 21.5. The van der Waals surface area contributed by atoms with E-state index in [2.05, 4.69) is 230 Å². The van der Waals surface area contributed by atoms with Gasteiger partial charge in [0, 0.05) is 22.3 Å². The fourth-order valence-electron chi connectivity index (χ4n) is 12.4. The molecule has 0 fully saturated rings. The van der Waals surface area contributed by atoms with Crippen molar-refractivity contribution in [2.75, 3.05) is 0 Å². The summed E-state index contributed by atoms with van der Waals surface area (Å²) in [5.41, 5.74) is 20.0. The molecule has 0 radical (unpaired) electrons. The Labute approximate surface area is 403 Å². The minimum Gasteiger partial charge on any atom is -0.208 e. The van der Waals surface area contributed by atoms with Crippen LogP contribution in [0.15, 0.2) is 188 Å². The van der Waals surface area contributed by atoms with E-state index in [1.165, 1.54) is 99.4 Å². The SMILES string of the molecule is CC(C)(C)c1ccc2c(-c3nc(-c4c5c(cc6c4-c4ccccc4C64c6ccccc6-c6ccccc64)-c4cccc6cccc-5c46)nc(-c4cccc5cc(C(C)(C)C)ccc45)n3)cccc2c1. The molecule has 0 unspecified atom stereocenters. The van der Waals surface area contributed by atoms with Crippen molar-refractivity contribution in [1.29, 1.82) is 0 Å². The second kappa shape index (κ2) is 14.0. The van der Waals surface area contributed by atoms with Gasteiger partial charge in [0.1, 0.15) is 0 Å². The van der Waals surface area contributed by atoms with Crippen LogP contribution >= 0.6 is 0 Å². The van der Waals surface area contributed by atoms with Crippen LogP contribution in [-0.4, -0.2) is 15.0 Å². The van der Waals surface area contributed by atoms with E-state index in [0.717, 1.165) is 27.5 Å². The lowest BCUT2D eigenvalue weighted by Gasteiger charge is -2.31. The van der Waals surface area contributed by atoms with E-state index in [9.17, 15) is 0 Å². The summed E-state index contributed by atoms with van der Waals surface area (Å²) < 4.78 is 0. The fourth-order valence-corrected chi connectivity index (χ4v) is 12.4. The zero-order chi connectivity index (χ0) is 46.6. The highest BCUT2D eigenvalue weighted by atomic mass is 15.0. The lowest BCUT2D eigenvalue weighted by Crippen LogP contribution is -2.26. The van der Waals surface area contributed by atoms with E-state index in [1.807, 2.05) is 0 Å². The molecule has 328 valence electrons. The van der Waals surface area contributed by atoms with E-state index in [1.54, 1.807) is 0 Å².